The number of amides is 2. The van der Waals surface area contributed by atoms with E-state index < -0.39 is 12.1 Å². The number of carbonyl (C=O) groups excluding carboxylic acids is 2. The topological polar surface area (TPSA) is 87.3 Å². The number of hydrogen-bond donors (Lipinski definition) is 2. The maximum absolute atomic E-state index is 13.3. The number of halogens is 1. The summed E-state index contributed by atoms with van der Waals surface area (Å²) in [6.07, 6.45) is 1.94. The van der Waals surface area contributed by atoms with Gasteiger partial charge in [0.15, 0.2) is 0 Å². The number of likely N-dealkylation sites (tertiary alicyclic amines) is 1. The molecule has 1 fully saturated rings. The first-order valence-electron chi connectivity index (χ1n) is 9.24. The number of aromatic amines is 1. The van der Waals surface area contributed by atoms with E-state index in [1.165, 1.54) is 7.11 Å². The van der Waals surface area contributed by atoms with Crippen molar-refractivity contribution in [1.82, 2.24) is 20.2 Å². The number of rotatable bonds is 5. The second-order valence-electron chi connectivity index (χ2n) is 6.97. The van der Waals surface area contributed by atoms with Crippen LogP contribution in [0.4, 0.5) is 4.79 Å². The normalized spacial score (nSPS) is 19.1. The van der Waals surface area contributed by atoms with E-state index in [0.29, 0.717) is 6.54 Å². The van der Waals surface area contributed by atoms with E-state index in [0.717, 1.165) is 40.6 Å². The molecule has 0 unspecified atom stereocenters. The second kappa shape index (κ2) is 8.29. The fourth-order valence-corrected chi connectivity index (χ4v) is 3.88. The molecule has 8 heteroatoms. The van der Waals surface area contributed by atoms with Crippen LogP contribution in [0.2, 0.25) is 0 Å². The van der Waals surface area contributed by atoms with E-state index in [4.69, 9.17) is 4.74 Å². The van der Waals surface area contributed by atoms with Gasteiger partial charge in [-0.3, -0.25) is 4.79 Å². The Morgan fingerprint density at radius 3 is 2.96 bits per heavy atom. The van der Waals surface area contributed by atoms with Gasteiger partial charge in [0, 0.05) is 11.0 Å². The van der Waals surface area contributed by atoms with Gasteiger partial charge in [-0.1, -0.05) is 36.2 Å². The number of nitrogens with one attached hydrogen (secondary N) is 2. The maximum atomic E-state index is 13.3. The fourth-order valence-electron chi connectivity index (χ4n) is 3.52. The van der Waals surface area contributed by atoms with Crippen molar-refractivity contribution in [2.75, 3.05) is 13.7 Å². The summed E-state index contributed by atoms with van der Waals surface area (Å²) in [4.78, 5) is 34.9. The molecule has 3 atom stereocenters. The van der Waals surface area contributed by atoms with E-state index in [2.05, 4.69) is 31.2 Å². The monoisotopic (exact) mass is 436 g/mol. The highest BCUT2D eigenvalue weighted by atomic mass is 79.9. The molecule has 2 aromatic rings. The molecule has 0 saturated carbocycles. The minimum absolute atomic E-state index is 0.00415. The first kappa shape index (κ1) is 19.7. The third-order valence-electron chi connectivity index (χ3n) is 5.25. The van der Waals surface area contributed by atoms with Crippen molar-refractivity contribution in [2.45, 2.75) is 45.2 Å². The molecule has 2 N–H and O–H groups in total. The number of alkyl carbamates (subject to hydrolysis) is 1. The number of aromatic nitrogens is 2. The van der Waals surface area contributed by atoms with Crippen LogP contribution in [0.25, 0.3) is 11.0 Å². The van der Waals surface area contributed by atoms with Crippen molar-refractivity contribution in [1.29, 1.82) is 0 Å². The molecule has 0 bridgehead atoms. The molecule has 0 radical (unpaired) electrons. The average molecular weight is 437 g/mol. The predicted octanol–water partition coefficient (Wildman–Crippen LogP) is 3.76. The smallest absolute Gasteiger partial charge is 0.407 e. The SMILES string of the molecule is CC[C@H](C)[C@H](NC(=O)OC)C(=O)N1CCC[C@H]1c1nc2ccc(Br)cc2[nH]1. The van der Waals surface area contributed by atoms with Crippen molar-refractivity contribution in [2.24, 2.45) is 5.92 Å². The van der Waals surface area contributed by atoms with Crippen LogP contribution >= 0.6 is 15.9 Å². The quantitative estimate of drug-likeness (QED) is 0.746. The van der Waals surface area contributed by atoms with Crippen LogP contribution in [0, 0.1) is 5.92 Å². The molecule has 2 amide bonds. The summed E-state index contributed by atoms with van der Waals surface area (Å²) < 4.78 is 5.68. The first-order valence-corrected chi connectivity index (χ1v) is 10.0. The lowest BCUT2D eigenvalue weighted by Gasteiger charge is -2.30. The highest BCUT2D eigenvalue weighted by Gasteiger charge is 2.38. The van der Waals surface area contributed by atoms with Gasteiger partial charge in [-0.15, -0.1) is 0 Å². The Bertz CT molecular complexity index is 837. The molecule has 1 aliphatic rings. The van der Waals surface area contributed by atoms with Gasteiger partial charge in [0.25, 0.3) is 0 Å². The molecular weight excluding hydrogens is 412 g/mol. The van der Waals surface area contributed by atoms with Gasteiger partial charge >= 0.3 is 6.09 Å². The van der Waals surface area contributed by atoms with E-state index >= 15 is 0 Å². The molecule has 146 valence electrons. The molecule has 27 heavy (non-hydrogen) atoms. The summed E-state index contributed by atoms with van der Waals surface area (Å²) in [6, 6.07) is 5.15. The predicted molar refractivity (Wildman–Crippen MR) is 106 cm³/mol. The molecule has 0 spiro atoms. The van der Waals surface area contributed by atoms with Crippen LogP contribution in [-0.4, -0.2) is 46.6 Å². The zero-order valence-electron chi connectivity index (χ0n) is 15.8. The molecule has 1 aliphatic heterocycles. The number of H-pyrrole nitrogens is 1. The van der Waals surface area contributed by atoms with Crippen LogP contribution in [0.3, 0.4) is 0 Å². The molecule has 3 rings (SSSR count). The Morgan fingerprint density at radius 1 is 1.48 bits per heavy atom. The summed E-state index contributed by atoms with van der Waals surface area (Å²) in [5, 5.41) is 2.71. The molecule has 7 nitrogen and oxygen atoms in total. The summed E-state index contributed by atoms with van der Waals surface area (Å²) in [6.45, 7) is 4.62. The third-order valence-corrected chi connectivity index (χ3v) is 5.74. The Hall–Kier alpha value is -2.09. The van der Waals surface area contributed by atoms with Gasteiger partial charge in [0.2, 0.25) is 5.91 Å². The van der Waals surface area contributed by atoms with E-state index in [1.54, 1.807) is 0 Å². The number of carbonyl (C=O) groups is 2. The lowest BCUT2D eigenvalue weighted by molar-refractivity contribution is -0.135. The lowest BCUT2D eigenvalue weighted by atomic mass is 9.97. The Kier molecular flexibility index (Phi) is 6.04. The standard InChI is InChI=1S/C19H25BrN4O3/c1-4-11(2)16(23-19(26)27-3)18(25)24-9-5-6-15(24)17-21-13-8-7-12(20)10-14(13)22-17/h7-8,10-11,15-16H,4-6,9H2,1-3H3,(H,21,22)(H,23,26)/t11-,15-,16-/m0/s1. The van der Waals surface area contributed by atoms with Crippen LogP contribution in [-0.2, 0) is 9.53 Å². The summed E-state index contributed by atoms with van der Waals surface area (Å²) in [5.74, 6) is 0.707. The molecule has 1 aromatic heterocycles. The number of imidazole rings is 1. The largest absolute Gasteiger partial charge is 0.453 e. The van der Waals surface area contributed by atoms with E-state index in [1.807, 2.05) is 36.9 Å². The van der Waals surface area contributed by atoms with E-state index in [9.17, 15) is 9.59 Å². The number of methoxy groups -OCH3 is 1. The van der Waals surface area contributed by atoms with Crippen LogP contribution in [0.5, 0.6) is 0 Å². The van der Waals surface area contributed by atoms with Crippen LogP contribution in [0.15, 0.2) is 22.7 Å². The van der Waals surface area contributed by atoms with Gasteiger partial charge in [-0.2, -0.15) is 0 Å². The number of nitrogens with zero attached hydrogens (tertiary/aromatic N) is 2. The van der Waals surface area contributed by atoms with Crippen molar-refractivity contribution >= 4 is 39.0 Å². The van der Waals surface area contributed by atoms with Crippen LogP contribution in [0.1, 0.15) is 45.0 Å². The lowest BCUT2D eigenvalue weighted by Crippen LogP contribution is -2.51. The van der Waals surface area contributed by atoms with Crippen molar-refractivity contribution in [3.8, 4) is 0 Å². The van der Waals surface area contributed by atoms with Crippen molar-refractivity contribution in [3.63, 3.8) is 0 Å². The Morgan fingerprint density at radius 2 is 2.26 bits per heavy atom. The molecule has 0 aliphatic carbocycles. The molecule has 1 saturated heterocycles. The van der Waals surface area contributed by atoms with Gasteiger partial charge in [0.05, 0.1) is 24.2 Å². The highest BCUT2D eigenvalue weighted by Crippen LogP contribution is 2.33. The summed E-state index contributed by atoms with van der Waals surface area (Å²) in [7, 11) is 1.30. The minimum Gasteiger partial charge on any atom is -0.453 e. The number of ether oxygens (including phenoxy) is 1. The van der Waals surface area contributed by atoms with Crippen molar-refractivity contribution < 1.29 is 14.3 Å². The molecular formula is C19H25BrN4O3. The third kappa shape index (κ3) is 4.10. The molecule has 2 heterocycles. The van der Waals surface area contributed by atoms with Gasteiger partial charge in [-0.05, 0) is 37.0 Å². The summed E-state index contributed by atoms with van der Waals surface area (Å²) >= 11 is 3.47. The van der Waals surface area contributed by atoms with Gasteiger partial charge < -0.3 is 19.9 Å². The maximum Gasteiger partial charge on any atom is 0.407 e. The first-order chi connectivity index (χ1) is 12.9. The van der Waals surface area contributed by atoms with Gasteiger partial charge in [0.1, 0.15) is 11.9 Å². The molecule has 1 aromatic carbocycles. The van der Waals surface area contributed by atoms with Crippen LogP contribution < -0.4 is 5.32 Å². The Balaban J connectivity index is 1.86. The van der Waals surface area contributed by atoms with Gasteiger partial charge in [-0.25, -0.2) is 9.78 Å². The average Bonchev–Trinajstić information content (AvgIpc) is 3.30. The number of hydrogen-bond acceptors (Lipinski definition) is 4. The Labute approximate surface area is 167 Å². The zero-order chi connectivity index (χ0) is 19.6. The summed E-state index contributed by atoms with van der Waals surface area (Å²) in [5.41, 5.74) is 1.81. The number of benzene rings is 1. The van der Waals surface area contributed by atoms with Crippen molar-refractivity contribution in [3.05, 3.63) is 28.5 Å². The minimum atomic E-state index is -0.610. The number of fused-ring (bicyclic) bond motifs is 1. The second-order valence-corrected chi connectivity index (χ2v) is 7.89. The fraction of sp³-hybridized carbons (Fsp3) is 0.526. The zero-order valence-corrected chi connectivity index (χ0v) is 17.4. The highest BCUT2D eigenvalue weighted by molar-refractivity contribution is 9.10. The van der Waals surface area contributed by atoms with E-state index in [-0.39, 0.29) is 17.9 Å².